The van der Waals surface area contributed by atoms with Crippen LogP contribution in [0.25, 0.3) is 0 Å². The molecule has 0 bridgehead atoms. The van der Waals surface area contributed by atoms with Crippen LogP contribution in [0.5, 0.6) is 11.5 Å². The van der Waals surface area contributed by atoms with Crippen LogP contribution in [0.4, 0.5) is 0 Å². The highest BCUT2D eigenvalue weighted by Gasteiger charge is 2.11. The van der Waals surface area contributed by atoms with Crippen LogP contribution in [0.2, 0.25) is 0 Å². The lowest BCUT2D eigenvalue weighted by atomic mass is 10.2. The molecule has 0 aliphatic carbocycles. The van der Waals surface area contributed by atoms with Gasteiger partial charge in [0.2, 0.25) is 10.0 Å². The third kappa shape index (κ3) is 4.19. The third-order valence-electron chi connectivity index (χ3n) is 3.38. The monoisotopic (exact) mass is 351 g/mol. The molecule has 1 aliphatic heterocycles. The quantitative estimate of drug-likeness (QED) is 0.857. The third-order valence-corrected chi connectivity index (χ3v) is 5.37. The standard InChI is InChI=1S/C16H17NO4S2/c17-23(18,19)14-5-2-12(3-6-14)11-22-13-4-7-15-16(10-13)21-9-1-8-20-15/h2-7,10H,1,8-9,11H2,(H2,17,18,19). The molecular weight excluding hydrogens is 334 g/mol. The van der Waals surface area contributed by atoms with Crippen LogP contribution in [0.15, 0.2) is 52.3 Å². The number of nitrogens with two attached hydrogens (primary N) is 1. The maximum Gasteiger partial charge on any atom is 0.238 e. The first-order valence-corrected chi connectivity index (χ1v) is 9.70. The van der Waals surface area contributed by atoms with Crippen molar-refractivity contribution < 1.29 is 17.9 Å². The topological polar surface area (TPSA) is 78.6 Å². The van der Waals surface area contributed by atoms with Crippen molar-refractivity contribution in [2.75, 3.05) is 13.2 Å². The van der Waals surface area contributed by atoms with Gasteiger partial charge in [-0.25, -0.2) is 13.6 Å². The summed E-state index contributed by atoms with van der Waals surface area (Å²) in [5, 5.41) is 5.09. The van der Waals surface area contributed by atoms with Crippen LogP contribution in [0, 0.1) is 0 Å². The number of fused-ring (bicyclic) bond motifs is 1. The van der Waals surface area contributed by atoms with Gasteiger partial charge in [-0.15, -0.1) is 11.8 Å². The van der Waals surface area contributed by atoms with E-state index in [1.807, 2.05) is 18.2 Å². The lowest BCUT2D eigenvalue weighted by molar-refractivity contribution is 0.297. The van der Waals surface area contributed by atoms with Gasteiger partial charge in [0.05, 0.1) is 18.1 Å². The SMILES string of the molecule is NS(=O)(=O)c1ccc(CSc2ccc3c(c2)OCCCO3)cc1. The van der Waals surface area contributed by atoms with Crippen molar-refractivity contribution in [2.24, 2.45) is 5.14 Å². The Balaban J connectivity index is 1.67. The van der Waals surface area contributed by atoms with Crippen molar-refractivity contribution in [3.63, 3.8) is 0 Å². The first-order valence-electron chi connectivity index (χ1n) is 7.16. The van der Waals surface area contributed by atoms with E-state index in [0.29, 0.717) is 13.2 Å². The molecule has 0 unspecified atom stereocenters. The van der Waals surface area contributed by atoms with Crippen LogP contribution in [0.1, 0.15) is 12.0 Å². The molecule has 0 saturated carbocycles. The van der Waals surface area contributed by atoms with Gasteiger partial charge in [0, 0.05) is 17.1 Å². The van der Waals surface area contributed by atoms with Crippen molar-refractivity contribution in [1.82, 2.24) is 0 Å². The zero-order valence-corrected chi connectivity index (χ0v) is 14.0. The minimum atomic E-state index is -3.64. The molecule has 122 valence electrons. The second kappa shape index (κ2) is 6.82. The van der Waals surface area contributed by atoms with E-state index in [1.165, 1.54) is 12.1 Å². The Bertz CT molecular complexity index is 788. The number of hydrogen-bond acceptors (Lipinski definition) is 5. The maximum absolute atomic E-state index is 11.2. The summed E-state index contributed by atoms with van der Waals surface area (Å²) in [7, 11) is -3.64. The van der Waals surface area contributed by atoms with Crippen molar-refractivity contribution >= 4 is 21.8 Å². The van der Waals surface area contributed by atoms with Crippen molar-refractivity contribution in [3.8, 4) is 11.5 Å². The fraction of sp³-hybridized carbons (Fsp3) is 0.250. The molecule has 0 fully saturated rings. The predicted octanol–water partition coefficient (Wildman–Crippen LogP) is 2.79. The summed E-state index contributed by atoms with van der Waals surface area (Å²) >= 11 is 1.65. The van der Waals surface area contributed by atoms with Gasteiger partial charge in [-0.3, -0.25) is 0 Å². The number of sulfonamides is 1. The second-order valence-corrected chi connectivity index (χ2v) is 7.75. The number of benzene rings is 2. The minimum absolute atomic E-state index is 0.127. The van der Waals surface area contributed by atoms with E-state index in [0.717, 1.165) is 34.1 Å². The van der Waals surface area contributed by atoms with E-state index < -0.39 is 10.0 Å². The smallest absolute Gasteiger partial charge is 0.238 e. The largest absolute Gasteiger partial charge is 0.490 e. The molecule has 0 aromatic heterocycles. The average Bonchev–Trinajstić information content (AvgIpc) is 2.77. The molecule has 3 rings (SSSR count). The molecular formula is C16H17NO4S2. The highest BCUT2D eigenvalue weighted by Crippen LogP contribution is 2.34. The van der Waals surface area contributed by atoms with Gasteiger partial charge < -0.3 is 9.47 Å². The molecule has 5 nitrogen and oxygen atoms in total. The number of hydrogen-bond donors (Lipinski definition) is 1. The van der Waals surface area contributed by atoms with Crippen LogP contribution >= 0.6 is 11.8 Å². The highest BCUT2D eigenvalue weighted by molar-refractivity contribution is 7.98. The predicted molar refractivity (Wildman–Crippen MR) is 89.4 cm³/mol. The van der Waals surface area contributed by atoms with Gasteiger partial charge >= 0.3 is 0 Å². The number of thioether (sulfide) groups is 1. The van der Waals surface area contributed by atoms with Crippen LogP contribution in [-0.2, 0) is 15.8 Å². The van der Waals surface area contributed by atoms with Crippen molar-refractivity contribution in [3.05, 3.63) is 48.0 Å². The summed E-state index contributed by atoms with van der Waals surface area (Å²) < 4.78 is 33.8. The Labute approximate surface area is 139 Å². The summed E-state index contributed by atoms with van der Waals surface area (Å²) in [6, 6.07) is 12.5. The van der Waals surface area contributed by atoms with Crippen molar-refractivity contribution in [1.29, 1.82) is 0 Å². The molecule has 2 N–H and O–H groups in total. The summed E-state index contributed by atoms with van der Waals surface area (Å²) in [5.41, 5.74) is 1.02. The molecule has 0 radical (unpaired) electrons. The van der Waals surface area contributed by atoms with E-state index in [2.05, 4.69) is 0 Å². The van der Waals surface area contributed by atoms with E-state index in [1.54, 1.807) is 23.9 Å². The molecule has 1 aliphatic rings. The normalized spacial score (nSPS) is 14.3. The Morgan fingerprint density at radius 2 is 1.70 bits per heavy atom. The molecule has 1 heterocycles. The minimum Gasteiger partial charge on any atom is -0.490 e. The number of primary sulfonamides is 1. The maximum atomic E-state index is 11.2. The number of rotatable bonds is 4. The molecule has 2 aromatic rings. The van der Waals surface area contributed by atoms with Gasteiger partial charge in [-0.1, -0.05) is 12.1 Å². The van der Waals surface area contributed by atoms with E-state index in [4.69, 9.17) is 14.6 Å². The Kier molecular flexibility index (Phi) is 4.79. The van der Waals surface area contributed by atoms with E-state index >= 15 is 0 Å². The summed E-state index contributed by atoms with van der Waals surface area (Å²) in [4.78, 5) is 1.20. The summed E-state index contributed by atoms with van der Waals surface area (Å²) in [6.07, 6.45) is 0.882. The Morgan fingerprint density at radius 1 is 1.00 bits per heavy atom. The summed E-state index contributed by atoms with van der Waals surface area (Å²) in [6.45, 7) is 1.34. The zero-order chi connectivity index (χ0) is 16.3. The average molecular weight is 351 g/mol. The lowest BCUT2D eigenvalue weighted by Crippen LogP contribution is -2.11. The van der Waals surface area contributed by atoms with Gasteiger partial charge in [0.1, 0.15) is 0 Å². The molecule has 0 atom stereocenters. The molecule has 2 aromatic carbocycles. The molecule has 0 saturated heterocycles. The molecule has 7 heteroatoms. The van der Waals surface area contributed by atoms with Gasteiger partial charge in [-0.05, 0) is 35.9 Å². The van der Waals surface area contributed by atoms with Crippen molar-refractivity contribution in [2.45, 2.75) is 22.0 Å². The fourth-order valence-electron chi connectivity index (χ4n) is 2.18. The highest BCUT2D eigenvalue weighted by atomic mass is 32.2. The van der Waals surface area contributed by atoms with E-state index in [9.17, 15) is 8.42 Å². The summed E-state index contributed by atoms with van der Waals surface area (Å²) in [5.74, 6) is 2.28. The molecule has 23 heavy (non-hydrogen) atoms. The van der Waals surface area contributed by atoms with Gasteiger partial charge in [0.15, 0.2) is 11.5 Å². The molecule has 0 spiro atoms. The van der Waals surface area contributed by atoms with Crippen LogP contribution in [-0.4, -0.2) is 21.6 Å². The van der Waals surface area contributed by atoms with Crippen LogP contribution in [0.3, 0.4) is 0 Å². The first-order chi connectivity index (χ1) is 11.0. The van der Waals surface area contributed by atoms with Gasteiger partial charge in [0.25, 0.3) is 0 Å². The zero-order valence-electron chi connectivity index (χ0n) is 12.4. The van der Waals surface area contributed by atoms with E-state index in [-0.39, 0.29) is 4.90 Å². The fourth-order valence-corrected chi connectivity index (χ4v) is 3.57. The lowest BCUT2D eigenvalue weighted by Gasteiger charge is -2.09. The van der Waals surface area contributed by atoms with Crippen LogP contribution < -0.4 is 14.6 Å². The molecule has 0 amide bonds. The second-order valence-electron chi connectivity index (χ2n) is 5.14. The van der Waals surface area contributed by atoms with Gasteiger partial charge in [-0.2, -0.15) is 0 Å². The number of ether oxygens (including phenoxy) is 2. The Morgan fingerprint density at radius 3 is 2.39 bits per heavy atom. The first kappa shape index (κ1) is 16.2. The Hall–Kier alpha value is -1.70.